The molecule has 1 aliphatic carbocycles. The van der Waals surface area contributed by atoms with E-state index in [1.165, 1.54) is 9.44 Å². The number of thiophene rings is 1. The van der Waals surface area contributed by atoms with Gasteiger partial charge >= 0.3 is 5.69 Å². The van der Waals surface area contributed by atoms with Crippen LogP contribution in [0, 0.1) is 0 Å². The highest BCUT2D eigenvalue weighted by Crippen LogP contribution is 2.34. The molecule has 0 radical (unpaired) electrons. The normalized spacial score (nSPS) is 13.6. The van der Waals surface area contributed by atoms with Gasteiger partial charge in [-0.1, -0.05) is 48.0 Å². The lowest BCUT2D eigenvalue weighted by atomic mass is 9.97. The van der Waals surface area contributed by atoms with Crippen LogP contribution in [0.3, 0.4) is 0 Å². The largest absolute Gasteiger partial charge is 0.337 e. The van der Waals surface area contributed by atoms with Crippen LogP contribution in [-0.2, 0) is 19.4 Å². The van der Waals surface area contributed by atoms with Crippen LogP contribution >= 0.6 is 22.9 Å². The summed E-state index contributed by atoms with van der Waals surface area (Å²) in [5, 5.41) is 1.19. The predicted molar refractivity (Wildman–Crippen MR) is 119 cm³/mol. The highest BCUT2D eigenvalue weighted by molar-refractivity contribution is 7.18. The molecule has 0 fully saturated rings. The third-order valence-electron chi connectivity index (χ3n) is 5.49. The van der Waals surface area contributed by atoms with Gasteiger partial charge < -0.3 is 0 Å². The number of aromatic nitrogens is 2. The van der Waals surface area contributed by atoms with Crippen LogP contribution in [0.25, 0.3) is 15.9 Å². The third kappa shape index (κ3) is 3.15. The molecule has 2 aromatic heterocycles. The zero-order chi connectivity index (χ0) is 20.0. The lowest BCUT2D eigenvalue weighted by Gasteiger charge is -2.14. The predicted octanol–water partition coefficient (Wildman–Crippen LogP) is 4.79. The molecule has 4 aromatic rings. The Kier molecular flexibility index (Phi) is 4.64. The summed E-state index contributed by atoms with van der Waals surface area (Å²) in [6.07, 6.45) is 4.08. The molecular weight excluding hydrogens is 404 g/mol. The molecular formula is C23H19ClN2O2S. The Hall–Kier alpha value is -2.63. The Balaban J connectivity index is 1.86. The minimum Gasteiger partial charge on any atom is -0.280 e. The first-order valence-electron chi connectivity index (χ1n) is 9.73. The number of hydrogen-bond acceptors (Lipinski definition) is 3. The number of hydrogen-bond donors (Lipinski definition) is 0. The van der Waals surface area contributed by atoms with E-state index in [9.17, 15) is 9.59 Å². The number of benzene rings is 2. The molecule has 146 valence electrons. The molecule has 1 aliphatic rings. The van der Waals surface area contributed by atoms with E-state index in [-0.39, 0.29) is 11.2 Å². The quantitative estimate of drug-likeness (QED) is 0.476. The smallest absolute Gasteiger partial charge is 0.280 e. The van der Waals surface area contributed by atoms with Gasteiger partial charge in [-0.3, -0.25) is 9.36 Å². The van der Waals surface area contributed by atoms with E-state index < -0.39 is 0 Å². The van der Waals surface area contributed by atoms with Gasteiger partial charge in [0.1, 0.15) is 4.83 Å². The first kappa shape index (κ1) is 18.4. The van der Waals surface area contributed by atoms with Crippen LogP contribution in [0.4, 0.5) is 0 Å². The van der Waals surface area contributed by atoms with Gasteiger partial charge in [0.05, 0.1) is 17.6 Å². The first-order valence-corrected chi connectivity index (χ1v) is 10.9. The molecule has 5 rings (SSSR count). The van der Waals surface area contributed by atoms with Crippen molar-refractivity contribution in [2.24, 2.45) is 0 Å². The van der Waals surface area contributed by atoms with E-state index in [2.05, 4.69) is 0 Å². The zero-order valence-electron chi connectivity index (χ0n) is 15.7. The molecule has 0 saturated carbocycles. The first-order chi connectivity index (χ1) is 14.1. The van der Waals surface area contributed by atoms with Crippen molar-refractivity contribution in [3.8, 4) is 5.69 Å². The molecule has 0 aliphatic heterocycles. The number of aryl methyl sites for hydroxylation is 2. The lowest BCUT2D eigenvalue weighted by Crippen LogP contribution is -2.39. The van der Waals surface area contributed by atoms with Crippen molar-refractivity contribution < 1.29 is 0 Å². The van der Waals surface area contributed by atoms with Gasteiger partial charge in [0.15, 0.2) is 0 Å². The number of halogens is 1. The Bertz CT molecular complexity index is 1330. The van der Waals surface area contributed by atoms with E-state index in [0.717, 1.165) is 41.6 Å². The Morgan fingerprint density at radius 2 is 1.76 bits per heavy atom. The van der Waals surface area contributed by atoms with Crippen molar-refractivity contribution in [3.05, 3.63) is 96.5 Å². The van der Waals surface area contributed by atoms with Gasteiger partial charge in [-0.2, -0.15) is 0 Å². The Morgan fingerprint density at radius 1 is 0.966 bits per heavy atom. The zero-order valence-corrected chi connectivity index (χ0v) is 17.3. The monoisotopic (exact) mass is 422 g/mol. The third-order valence-corrected chi connectivity index (χ3v) is 7.04. The van der Waals surface area contributed by atoms with Crippen LogP contribution in [0.15, 0.2) is 64.2 Å². The molecule has 29 heavy (non-hydrogen) atoms. The van der Waals surface area contributed by atoms with Crippen LogP contribution in [-0.4, -0.2) is 9.13 Å². The van der Waals surface area contributed by atoms with Crippen LogP contribution < -0.4 is 11.2 Å². The summed E-state index contributed by atoms with van der Waals surface area (Å²) in [6.45, 7) is 0.427. The van der Waals surface area contributed by atoms with Gasteiger partial charge in [0.25, 0.3) is 5.56 Å². The fraction of sp³-hybridized carbons (Fsp3) is 0.217. The molecule has 0 N–H and O–H groups in total. The molecule has 0 unspecified atom stereocenters. The average Bonchev–Trinajstić information content (AvgIpc) is 3.12. The maximum Gasteiger partial charge on any atom is 0.337 e. The molecule has 0 bridgehead atoms. The second-order valence-electron chi connectivity index (χ2n) is 7.37. The molecule has 0 spiro atoms. The number of rotatable bonds is 3. The lowest BCUT2D eigenvalue weighted by molar-refractivity contribution is 0.696. The van der Waals surface area contributed by atoms with Crippen LogP contribution in [0.5, 0.6) is 0 Å². The minimum absolute atomic E-state index is 0.240. The Morgan fingerprint density at radius 3 is 2.55 bits per heavy atom. The highest BCUT2D eigenvalue weighted by atomic mass is 35.5. The summed E-state index contributed by atoms with van der Waals surface area (Å²) in [5.74, 6) is 0. The van der Waals surface area contributed by atoms with Crippen molar-refractivity contribution in [2.75, 3.05) is 0 Å². The van der Waals surface area contributed by atoms with E-state index in [1.807, 2.05) is 30.3 Å². The summed E-state index contributed by atoms with van der Waals surface area (Å²) >= 11 is 7.76. The van der Waals surface area contributed by atoms with Crippen molar-refractivity contribution >= 4 is 33.2 Å². The van der Waals surface area contributed by atoms with Gasteiger partial charge in [0.2, 0.25) is 0 Å². The minimum atomic E-state index is -0.327. The van der Waals surface area contributed by atoms with Crippen molar-refractivity contribution in [1.29, 1.82) is 0 Å². The molecule has 4 nitrogen and oxygen atoms in total. The summed E-state index contributed by atoms with van der Waals surface area (Å²) < 4.78 is 3.02. The van der Waals surface area contributed by atoms with Crippen LogP contribution in [0.2, 0.25) is 5.02 Å². The molecule has 2 heterocycles. The molecule has 0 saturated heterocycles. The maximum atomic E-state index is 13.5. The second kappa shape index (κ2) is 7.32. The van der Waals surface area contributed by atoms with E-state index >= 15 is 0 Å². The number of fused-ring (bicyclic) bond motifs is 3. The summed E-state index contributed by atoms with van der Waals surface area (Å²) in [7, 11) is 0. The SMILES string of the molecule is O=c1c2c3c(sc2n(Cc2ccccc2)c(=O)n1-c1cccc(Cl)c1)CCCC3. The van der Waals surface area contributed by atoms with Gasteiger partial charge in [-0.15, -0.1) is 11.3 Å². The topological polar surface area (TPSA) is 44.0 Å². The van der Waals surface area contributed by atoms with Crippen LogP contribution in [0.1, 0.15) is 28.8 Å². The highest BCUT2D eigenvalue weighted by Gasteiger charge is 2.24. The average molecular weight is 423 g/mol. The maximum absolute atomic E-state index is 13.5. The summed E-state index contributed by atoms with van der Waals surface area (Å²) in [5.41, 5.74) is 2.09. The Labute approximate surface area is 176 Å². The second-order valence-corrected chi connectivity index (χ2v) is 8.89. The summed E-state index contributed by atoms with van der Waals surface area (Å²) in [6, 6.07) is 16.8. The molecule has 0 atom stereocenters. The van der Waals surface area contributed by atoms with Crippen molar-refractivity contribution in [2.45, 2.75) is 32.2 Å². The van der Waals surface area contributed by atoms with E-state index in [0.29, 0.717) is 22.6 Å². The van der Waals surface area contributed by atoms with Gasteiger partial charge in [-0.25, -0.2) is 9.36 Å². The van der Waals surface area contributed by atoms with Gasteiger partial charge in [0, 0.05) is 9.90 Å². The molecule has 0 amide bonds. The van der Waals surface area contributed by atoms with Gasteiger partial charge in [-0.05, 0) is 55.0 Å². The summed E-state index contributed by atoms with van der Waals surface area (Å²) in [4.78, 5) is 29.1. The van der Waals surface area contributed by atoms with Crippen molar-refractivity contribution in [1.82, 2.24) is 9.13 Å². The standard InChI is InChI=1S/C23H19ClN2O2S/c24-16-9-6-10-17(13-16)26-21(27)20-18-11-4-5-12-19(18)29-22(20)25(23(26)28)14-15-7-2-1-3-8-15/h1-3,6-10,13H,4-5,11-12,14H2. The molecule has 6 heteroatoms. The van der Waals surface area contributed by atoms with E-state index in [4.69, 9.17) is 11.6 Å². The van der Waals surface area contributed by atoms with E-state index in [1.54, 1.807) is 40.2 Å². The van der Waals surface area contributed by atoms with Crippen molar-refractivity contribution in [3.63, 3.8) is 0 Å². The number of nitrogens with zero attached hydrogens (tertiary/aromatic N) is 2. The fourth-order valence-corrected chi connectivity index (χ4v) is 5.67. The fourth-order valence-electron chi connectivity index (χ4n) is 4.12. The molecule has 2 aromatic carbocycles.